The summed E-state index contributed by atoms with van der Waals surface area (Å²) in [6.07, 6.45) is 0.727. The number of rotatable bonds is 5. The summed E-state index contributed by atoms with van der Waals surface area (Å²) in [4.78, 5) is 25.7. The minimum atomic E-state index is -0.503. The van der Waals surface area contributed by atoms with Crippen molar-refractivity contribution in [1.29, 1.82) is 0 Å². The van der Waals surface area contributed by atoms with E-state index in [1.165, 1.54) is 7.11 Å². The molecule has 0 radical (unpaired) electrons. The number of esters is 1. The van der Waals surface area contributed by atoms with Crippen LogP contribution in [0.1, 0.15) is 24.8 Å². The predicted octanol–water partition coefficient (Wildman–Crippen LogP) is 1.14. The number of methoxy groups -OCH3 is 1. The molecule has 0 bridgehead atoms. The fourth-order valence-corrected chi connectivity index (χ4v) is 2.82. The van der Waals surface area contributed by atoms with Gasteiger partial charge in [0.25, 0.3) is 0 Å². The smallest absolute Gasteiger partial charge is 0.314 e. The van der Waals surface area contributed by atoms with Gasteiger partial charge in [0, 0.05) is 13.1 Å². The Kier molecular flexibility index (Phi) is 4.63. The first-order valence-corrected chi connectivity index (χ1v) is 7.11. The van der Waals surface area contributed by atoms with Crippen LogP contribution in [0.2, 0.25) is 0 Å². The van der Waals surface area contributed by atoms with Crippen LogP contribution in [-0.4, -0.2) is 43.5 Å². The van der Waals surface area contributed by atoms with Crippen LogP contribution in [0.25, 0.3) is 0 Å². The first kappa shape index (κ1) is 15.5. The molecule has 2 N–H and O–H groups in total. The molecule has 2 unspecified atom stereocenters. The molecule has 2 atom stereocenters. The third kappa shape index (κ3) is 3.42. The Bertz CT molecular complexity index is 518. The molecule has 0 aromatic heterocycles. The van der Waals surface area contributed by atoms with Crippen LogP contribution in [0, 0.1) is 5.41 Å². The minimum Gasteiger partial charge on any atom is -0.469 e. The minimum absolute atomic E-state index is 0.256. The molecule has 0 saturated carbocycles. The fraction of sp³-hybridized carbons (Fsp3) is 0.500. The topological polar surface area (TPSA) is 72.6 Å². The first-order chi connectivity index (χ1) is 9.96. The van der Waals surface area contributed by atoms with Crippen LogP contribution in [-0.2, 0) is 14.3 Å². The highest BCUT2D eigenvalue weighted by atomic mass is 16.5. The van der Waals surface area contributed by atoms with Gasteiger partial charge >= 0.3 is 5.97 Å². The molecule has 1 saturated heterocycles. The molecule has 1 aromatic rings. The van der Waals surface area contributed by atoms with Crippen molar-refractivity contribution in [3.05, 3.63) is 35.9 Å². The number of benzene rings is 1. The lowest BCUT2D eigenvalue weighted by Gasteiger charge is -2.24. The van der Waals surface area contributed by atoms with E-state index < -0.39 is 5.41 Å². The number of primary amides is 1. The van der Waals surface area contributed by atoms with E-state index in [0.29, 0.717) is 13.1 Å². The van der Waals surface area contributed by atoms with Crippen molar-refractivity contribution >= 4 is 11.9 Å². The summed E-state index contributed by atoms with van der Waals surface area (Å²) in [5.41, 5.74) is 5.89. The number of carbonyl (C=O) groups is 2. The third-order valence-corrected chi connectivity index (χ3v) is 4.28. The van der Waals surface area contributed by atoms with Crippen molar-refractivity contribution in [2.75, 3.05) is 26.7 Å². The summed E-state index contributed by atoms with van der Waals surface area (Å²) in [5.74, 6) is -0.875. The number of likely N-dealkylation sites (tertiary alicyclic amines) is 1. The van der Waals surface area contributed by atoms with E-state index in [2.05, 4.69) is 4.90 Å². The summed E-state index contributed by atoms with van der Waals surface area (Å²) in [7, 11) is 1.40. The van der Waals surface area contributed by atoms with Gasteiger partial charge in [0.15, 0.2) is 0 Å². The SMILES string of the molecule is COC(=O)C(CN1CCC(C)(C(N)=O)C1)c1ccccc1. The number of amides is 1. The largest absolute Gasteiger partial charge is 0.469 e. The summed E-state index contributed by atoms with van der Waals surface area (Å²) in [6, 6.07) is 9.57. The van der Waals surface area contributed by atoms with Gasteiger partial charge in [-0.1, -0.05) is 30.3 Å². The number of nitrogens with zero attached hydrogens (tertiary/aromatic N) is 1. The van der Waals surface area contributed by atoms with Crippen LogP contribution in [0.3, 0.4) is 0 Å². The molecular formula is C16H22N2O3. The summed E-state index contributed by atoms with van der Waals surface area (Å²) >= 11 is 0. The number of hydrogen-bond donors (Lipinski definition) is 1. The molecule has 1 amide bonds. The molecule has 1 heterocycles. The normalized spacial score (nSPS) is 23.7. The highest BCUT2D eigenvalue weighted by Gasteiger charge is 2.40. The third-order valence-electron chi connectivity index (χ3n) is 4.28. The summed E-state index contributed by atoms with van der Waals surface area (Å²) in [6.45, 7) is 3.77. The zero-order chi connectivity index (χ0) is 15.5. The Morgan fingerprint density at radius 2 is 2.05 bits per heavy atom. The molecule has 0 aliphatic carbocycles. The van der Waals surface area contributed by atoms with Gasteiger partial charge in [0.1, 0.15) is 0 Å². The Balaban J connectivity index is 2.11. The second-order valence-electron chi connectivity index (χ2n) is 5.90. The molecule has 2 rings (SSSR count). The predicted molar refractivity (Wildman–Crippen MR) is 79.6 cm³/mol. The molecule has 114 valence electrons. The summed E-state index contributed by atoms with van der Waals surface area (Å²) < 4.78 is 4.92. The Morgan fingerprint density at radius 3 is 2.57 bits per heavy atom. The van der Waals surface area contributed by atoms with Crippen LogP contribution in [0.15, 0.2) is 30.3 Å². The molecule has 5 nitrogen and oxygen atoms in total. The highest BCUT2D eigenvalue weighted by molar-refractivity contribution is 5.81. The maximum atomic E-state index is 12.1. The van der Waals surface area contributed by atoms with E-state index in [1.54, 1.807) is 0 Å². The highest BCUT2D eigenvalue weighted by Crippen LogP contribution is 2.31. The van der Waals surface area contributed by atoms with Crippen LogP contribution in [0.4, 0.5) is 0 Å². The molecule has 1 fully saturated rings. The van der Waals surface area contributed by atoms with E-state index in [9.17, 15) is 9.59 Å². The monoisotopic (exact) mass is 290 g/mol. The zero-order valence-corrected chi connectivity index (χ0v) is 12.5. The summed E-state index contributed by atoms with van der Waals surface area (Å²) in [5, 5.41) is 0. The van der Waals surface area contributed by atoms with Gasteiger partial charge < -0.3 is 15.4 Å². The maximum absolute atomic E-state index is 12.1. The first-order valence-electron chi connectivity index (χ1n) is 7.11. The van der Waals surface area contributed by atoms with Crippen LogP contribution in [0.5, 0.6) is 0 Å². The number of carbonyl (C=O) groups excluding carboxylic acids is 2. The standard InChI is InChI=1S/C16H22N2O3/c1-16(15(17)20)8-9-18(11-16)10-13(14(19)21-2)12-6-4-3-5-7-12/h3-7,13H,8-11H2,1-2H3,(H2,17,20). The van der Waals surface area contributed by atoms with E-state index in [0.717, 1.165) is 18.5 Å². The Hall–Kier alpha value is -1.88. The van der Waals surface area contributed by atoms with Crippen molar-refractivity contribution in [3.63, 3.8) is 0 Å². The molecule has 1 aliphatic heterocycles. The molecule has 1 aliphatic rings. The Morgan fingerprint density at radius 1 is 1.38 bits per heavy atom. The average molecular weight is 290 g/mol. The zero-order valence-electron chi connectivity index (χ0n) is 12.5. The maximum Gasteiger partial charge on any atom is 0.314 e. The van der Waals surface area contributed by atoms with Crippen molar-refractivity contribution in [1.82, 2.24) is 4.90 Å². The second kappa shape index (κ2) is 6.26. The molecule has 0 spiro atoms. The van der Waals surface area contributed by atoms with Gasteiger partial charge in [-0.25, -0.2) is 0 Å². The Labute approximate surface area is 125 Å². The molecule has 21 heavy (non-hydrogen) atoms. The van der Waals surface area contributed by atoms with E-state index in [-0.39, 0.29) is 17.8 Å². The van der Waals surface area contributed by atoms with Gasteiger partial charge in [-0.3, -0.25) is 9.59 Å². The second-order valence-corrected chi connectivity index (χ2v) is 5.90. The lowest BCUT2D eigenvalue weighted by atomic mass is 9.89. The van der Waals surface area contributed by atoms with Gasteiger partial charge in [-0.05, 0) is 25.5 Å². The number of hydrogen-bond acceptors (Lipinski definition) is 4. The van der Waals surface area contributed by atoms with Gasteiger partial charge in [0.2, 0.25) is 5.91 Å². The van der Waals surface area contributed by atoms with E-state index in [4.69, 9.17) is 10.5 Å². The van der Waals surface area contributed by atoms with Crippen molar-refractivity contribution < 1.29 is 14.3 Å². The van der Waals surface area contributed by atoms with Gasteiger partial charge in [-0.2, -0.15) is 0 Å². The molecular weight excluding hydrogens is 268 g/mol. The van der Waals surface area contributed by atoms with Crippen molar-refractivity contribution in [2.24, 2.45) is 11.1 Å². The lowest BCUT2D eigenvalue weighted by Crippen LogP contribution is -2.38. The van der Waals surface area contributed by atoms with Crippen LogP contribution < -0.4 is 5.73 Å². The van der Waals surface area contributed by atoms with Gasteiger partial charge in [-0.15, -0.1) is 0 Å². The quantitative estimate of drug-likeness (QED) is 0.825. The van der Waals surface area contributed by atoms with Crippen molar-refractivity contribution in [2.45, 2.75) is 19.3 Å². The van der Waals surface area contributed by atoms with Crippen LogP contribution >= 0.6 is 0 Å². The number of ether oxygens (including phenoxy) is 1. The average Bonchev–Trinajstić information content (AvgIpc) is 2.88. The van der Waals surface area contributed by atoms with Crippen molar-refractivity contribution in [3.8, 4) is 0 Å². The number of nitrogens with two attached hydrogens (primary N) is 1. The van der Waals surface area contributed by atoms with E-state index in [1.807, 2.05) is 37.3 Å². The fourth-order valence-electron chi connectivity index (χ4n) is 2.82. The van der Waals surface area contributed by atoms with E-state index >= 15 is 0 Å². The molecule has 5 heteroatoms. The molecule has 1 aromatic carbocycles. The van der Waals surface area contributed by atoms with Gasteiger partial charge in [0.05, 0.1) is 18.4 Å². The lowest BCUT2D eigenvalue weighted by molar-refractivity contribution is -0.142.